The molecule has 1 fully saturated rings. The Hall–Kier alpha value is -0.700. The summed E-state index contributed by atoms with van der Waals surface area (Å²) in [6, 6.07) is -1.18. The minimum absolute atomic E-state index is 0.0695. The van der Waals surface area contributed by atoms with Crippen molar-refractivity contribution in [3.8, 4) is 0 Å². The standard InChI is InChI=1S/C7H14N2O5S/c1-2-8-15(13,14)9-4-5(10)3-6(9)7(11)12/h5-6,8,10H,2-4H2,1H3,(H,11,12). The second kappa shape index (κ2) is 4.44. The maximum Gasteiger partial charge on any atom is 0.322 e. The van der Waals surface area contributed by atoms with E-state index >= 15 is 0 Å². The lowest BCUT2D eigenvalue weighted by Gasteiger charge is -2.20. The van der Waals surface area contributed by atoms with Gasteiger partial charge in [0.25, 0.3) is 10.2 Å². The summed E-state index contributed by atoms with van der Waals surface area (Å²) in [5.41, 5.74) is 0. The Bertz CT molecular complexity index is 341. The summed E-state index contributed by atoms with van der Waals surface area (Å²) in [7, 11) is -3.79. The highest BCUT2D eigenvalue weighted by Gasteiger charge is 2.42. The minimum Gasteiger partial charge on any atom is -0.480 e. The van der Waals surface area contributed by atoms with Crippen molar-refractivity contribution in [1.82, 2.24) is 9.03 Å². The van der Waals surface area contributed by atoms with Crippen LogP contribution in [0.25, 0.3) is 0 Å². The van der Waals surface area contributed by atoms with E-state index in [0.29, 0.717) is 0 Å². The summed E-state index contributed by atoms with van der Waals surface area (Å²) in [5, 5.41) is 18.0. The zero-order valence-electron chi connectivity index (χ0n) is 8.25. The summed E-state index contributed by atoms with van der Waals surface area (Å²) in [5.74, 6) is -1.24. The molecule has 1 heterocycles. The molecular weight excluding hydrogens is 224 g/mol. The van der Waals surface area contributed by atoms with E-state index in [0.717, 1.165) is 4.31 Å². The second-order valence-electron chi connectivity index (χ2n) is 3.32. The number of rotatable bonds is 4. The number of carboxylic acids is 1. The van der Waals surface area contributed by atoms with Gasteiger partial charge in [0.1, 0.15) is 6.04 Å². The van der Waals surface area contributed by atoms with Gasteiger partial charge < -0.3 is 10.2 Å². The van der Waals surface area contributed by atoms with Crippen LogP contribution >= 0.6 is 0 Å². The summed E-state index contributed by atoms with van der Waals surface area (Å²) in [4.78, 5) is 10.8. The molecule has 0 bridgehead atoms. The summed E-state index contributed by atoms with van der Waals surface area (Å²) in [6.07, 6.45) is -0.987. The number of aliphatic carboxylic acids is 1. The molecule has 8 heteroatoms. The van der Waals surface area contributed by atoms with Crippen molar-refractivity contribution in [3.63, 3.8) is 0 Å². The SMILES string of the molecule is CCNS(=O)(=O)N1CC(O)CC1C(=O)O. The largest absolute Gasteiger partial charge is 0.480 e. The number of nitrogens with one attached hydrogen (secondary N) is 1. The number of aliphatic hydroxyl groups is 1. The summed E-state index contributed by atoms with van der Waals surface area (Å²) >= 11 is 0. The van der Waals surface area contributed by atoms with Gasteiger partial charge in [-0.2, -0.15) is 12.7 Å². The summed E-state index contributed by atoms with van der Waals surface area (Å²) < 4.78 is 26.0. The van der Waals surface area contributed by atoms with Crippen LogP contribution in [0.2, 0.25) is 0 Å². The predicted octanol–water partition coefficient (Wildman–Crippen LogP) is -1.64. The molecule has 1 saturated heterocycles. The Morgan fingerprint density at radius 2 is 2.20 bits per heavy atom. The smallest absolute Gasteiger partial charge is 0.322 e. The van der Waals surface area contributed by atoms with Gasteiger partial charge >= 0.3 is 5.97 Å². The average molecular weight is 238 g/mol. The van der Waals surface area contributed by atoms with Crippen LogP contribution in [0.4, 0.5) is 0 Å². The Kier molecular flexibility index (Phi) is 3.66. The Morgan fingerprint density at radius 1 is 1.60 bits per heavy atom. The highest BCUT2D eigenvalue weighted by molar-refractivity contribution is 7.87. The highest BCUT2D eigenvalue weighted by atomic mass is 32.2. The van der Waals surface area contributed by atoms with Crippen molar-refractivity contribution in [2.45, 2.75) is 25.5 Å². The number of aliphatic hydroxyl groups excluding tert-OH is 1. The zero-order chi connectivity index (χ0) is 11.6. The molecule has 0 aromatic heterocycles. The fourth-order valence-electron chi connectivity index (χ4n) is 1.54. The fraction of sp³-hybridized carbons (Fsp3) is 0.857. The van der Waals surface area contributed by atoms with Crippen molar-refractivity contribution in [3.05, 3.63) is 0 Å². The normalized spacial score (nSPS) is 28.1. The molecule has 0 amide bonds. The molecule has 7 nitrogen and oxygen atoms in total. The van der Waals surface area contributed by atoms with E-state index < -0.39 is 28.3 Å². The second-order valence-corrected chi connectivity index (χ2v) is 5.02. The topological polar surface area (TPSA) is 107 Å². The molecule has 0 aromatic carbocycles. The molecule has 0 spiro atoms. The lowest BCUT2D eigenvalue weighted by Crippen LogP contribution is -2.46. The van der Waals surface area contributed by atoms with Gasteiger partial charge in [-0.25, -0.2) is 4.72 Å². The first-order chi connectivity index (χ1) is 6.88. The van der Waals surface area contributed by atoms with Gasteiger partial charge in [-0.15, -0.1) is 0 Å². The number of hydrogen-bond donors (Lipinski definition) is 3. The molecule has 2 unspecified atom stereocenters. The average Bonchev–Trinajstić information content (AvgIpc) is 2.47. The van der Waals surface area contributed by atoms with Crippen molar-refractivity contribution in [1.29, 1.82) is 0 Å². The third kappa shape index (κ3) is 2.65. The van der Waals surface area contributed by atoms with Crippen LogP contribution in [-0.2, 0) is 15.0 Å². The van der Waals surface area contributed by atoms with E-state index in [1.165, 1.54) is 0 Å². The van der Waals surface area contributed by atoms with E-state index in [2.05, 4.69) is 4.72 Å². The van der Waals surface area contributed by atoms with E-state index in [1.54, 1.807) is 6.92 Å². The van der Waals surface area contributed by atoms with Crippen molar-refractivity contribution >= 4 is 16.2 Å². The van der Waals surface area contributed by atoms with Gasteiger partial charge in [-0.3, -0.25) is 4.79 Å². The number of nitrogens with zero attached hydrogens (tertiary/aromatic N) is 1. The van der Waals surface area contributed by atoms with Crippen LogP contribution in [0.15, 0.2) is 0 Å². The highest BCUT2D eigenvalue weighted by Crippen LogP contribution is 2.20. The van der Waals surface area contributed by atoms with E-state index in [1.807, 2.05) is 0 Å². The Balaban J connectivity index is 2.88. The molecule has 0 saturated carbocycles. The van der Waals surface area contributed by atoms with Crippen LogP contribution in [0.5, 0.6) is 0 Å². The minimum atomic E-state index is -3.79. The van der Waals surface area contributed by atoms with Crippen LogP contribution in [0.3, 0.4) is 0 Å². The van der Waals surface area contributed by atoms with Gasteiger partial charge in [0.2, 0.25) is 0 Å². The molecular formula is C7H14N2O5S. The quantitative estimate of drug-likeness (QED) is 0.544. The molecule has 88 valence electrons. The predicted molar refractivity (Wildman–Crippen MR) is 51.4 cm³/mol. The van der Waals surface area contributed by atoms with Gasteiger partial charge in [-0.05, 0) is 0 Å². The van der Waals surface area contributed by atoms with Gasteiger partial charge in [-0.1, -0.05) is 6.92 Å². The third-order valence-corrected chi connectivity index (χ3v) is 3.83. The van der Waals surface area contributed by atoms with Crippen molar-refractivity contribution in [2.75, 3.05) is 13.1 Å². The molecule has 1 aliphatic heterocycles. The number of carboxylic acid groups (broad SMARTS) is 1. The lowest BCUT2D eigenvalue weighted by atomic mass is 10.2. The number of β-amino-alcohol motifs (C(OH)–C–C–N with tert-alkyl or cyclic N) is 1. The zero-order valence-corrected chi connectivity index (χ0v) is 9.07. The number of carbonyl (C=O) groups is 1. The van der Waals surface area contributed by atoms with Crippen molar-refractivity contribution < 1.29 is 23.4 Å². The van der Waals surface area contributed by atoms with E-state index in [4.69, 9.17) is 5.11 Å². The van der Waals surface area contributed by atoms with Crippen molar-refractivity contribution in [2.24, 2.45) is 0 Å². The van der Waals surface area contributed by atoms with Crippen LogP contribution in [0, 0.1) is 0 Å². The fourth-order valence-corrected chi connectivity index (χ4v) is 2.95. The van der Waals surface area contributed by atoms with Crippen LogP contribution in [-0.4, -0.2) is 54.1 Å². The molecule has 1 aliphatic rings. The third-order valence-electron chi connectivity index (χ3n) is 2.15. The number of hydrogen-bond acceptors (Lipinski definition) is 4. The molecule has 0 aliphatic carbocycles. The Morgan fingerprint density at radius 3 is 2.67 bits per heavy atom. The molecule has 15 heavy (non-hydrogen) atoms. The molecule has 0 aromatic rings. The van der Waals surface area contributed by atoms with Gasteiger partial charge in [0, 0.05) is 19.5 Å². The van der Waals surface area contributed by atoms with Gasteiger partial charge in [0.05, 0.1) is 6.10 Å². The monoisotopic (exact) mass is 238 g/mol. The maximum absolute atomic E-state index is 11.5. The molecule has 3 N–H and O–H groups in total. The van der Waals surface area contributed by atoms with E-state index in [-0.39, 0.29) is 19.5 Å². The Labute approximate surface area is 87.9 Å². The van der Waals surface area contributed by atoms with Gasteiger partial charge in [0.15, 0.2) is 0 Å². The summed E-state index contributed by atoms with van der Waals surface area (Å²) in [6.45, 7) is 1.60. The first-order valence-corrected chi connectivity index (χ1v) is 5.99. The maximum atomic E-state index is 11.5. The van der Waals surface area contributed by atoms with Crippen LogP contribution < -0.4 is 4.72 Å². The first-order valence-electron chi connectivity index (χ1n) is 4.55. The molecule has 1 rings (SSSR count). The van der Waals surface area contributed by atoms with Crippen LogP contribution in [0.1, 0.15) is 13.3 Å². The molecule has 0 radical (unpaired) electrons. The van der Waals surface area contributed by atoms with E-state index in [9.17, 15) is 18.3 Å². The molecule has 2 atom stereocenters. The first kappa shape index (κ1) is 12.4. The lowest BCUT2D eigenvalue weighted by molar-refractivity contribution is -0.140.